The molecular weight excluding hydrogens is 256 g/mol. The lowest BCUT2D eigenvalue weighted by atomic mass is 10.1. The van der Waals surface area contributed by atoms with Crippen LogP contribution in [0.2, 0.25) is 0 Å². The van der Waals surface area contributed by atoms with Gasteiger partial charge in [-0.2, -0.15) is 13.2 Å². The average molecular weight is 262 g/mol. The van der Waals surface area contributed by atoms with Gasteiger partial charge in [0.2, 0.25) is 0 Å². The summed E-state index contributed by atoms with van der Waals surface area (Å²) in [5.41, 5.74) is 4.21. The van der Waals surface area contributed by atoms with Crippen molar-refractivity contribution < 1.29 is 17.6 Å². The minimum atomic E-state index is -4.61. The zero-order chi connectivity index (χ0) is 12.6. The largest absolute Gasteiger partial charge is 0.417 e. The lowest BCUT2D eigenvalue weighted by molar-refractivity contribution is -0.137. The van der Waals surface area contributed by atoms with E-state index in [0.29, 0.717) is 6.07 Å². The van der Waals surface area contributed by atoms with Crippen LogP contribution < -0.4 is 5.73 Å². The maximum atomic E-state index is 12.9. The van der Waals surface area contributed by atoms with E-state index in [0.717, 1.165) is 23.5 Å². The second-order valence-corrected chi connectivity index (χ2v) is 4.31. The van der Waals surface area contributed by atoms with Gasteiger partial charge < -0.3 is 5.73 Å². The lowest BCUT2D eigenvalue weighted by Crippen LogP contribution is -2.07. The van der Waals surface area contributed by atoms with Gasteiger partial charge in [-0.15, -0.1) is 0 Å². The first kappa shape index (κ1) is 11.8. The van der Waals surface area contributed by atoms with Gasteiger partial charge in [0.15, 0.2) is 5.13 Å². The fourth-order valence-electron chi connectivity index (χ4n) is 1.38. The molecule has 1 aromatic carbocycles. The molecule has 90 valence electrons. The molecule has 0 spiro atoms. The van der Waals surface area contributed by atoms with Crippen LogP contribution in [0.5, 0.6) is 0 Å². The molecule has 0 atom stereocenters. The summed E-state index contributed by atoms with van der Waals surface area (Å²) in [6, 6.07) is 2.51. The summed E-state index contributed by atoms with van der Waals surface area (Å²) in [7, 11) is 0. The standard InChI is InChI=1S/C10H6F4N2S/c11-5-1-2-6(7(3-5)10(12,13)14)8-4-16-9(15)17-8/h1-4H,(H2,15,16). The van der Waals surface area contributed by atoms with Crippen molar-refractivity contribution in [2.24, 2.45) is 0 Å². The number of benzene rings is 1. The molecule has 2 nitrogen and oxygen atoms in total. The predicted molar refractivity (Wildman–Crippen MR) is 56.9 cm³/mol. The van der Waals surface area contributed by atoms with E-state index in [9.17, 15) is 17.6 Å². The summed E-state index contributed by atoms with van der Waals surface area (Å²) in [6.07, 6.45) is -3.38. The van der Waals surface area contributed by atoms with Crippen molar-refractivity contribution in [1.82, 2.24) is 4.98 Å². The van der Waals surface area contributed by atoms with Crippen molar-refractivity contribution >= 4 is 16.5 Å². The van der Waals surface area contributed by atoms with Crippen molar-refractivity contribution in [3.8, 4) is 10.4 Å². The molecule has 1 aromatic heterocycles. The number of nitrogens with two attached hydrogens (primary N) is 1. The highest BCUT2D eigenvalue weighted by atomic mass is 32.1. The highest BCUT2D eigenvalue weighted by Gasteiger charge is 2.34. The van der Waals surface area contributed by atoms with Crippen LogP contribution in [-0.2, 0) is 6.18 Å². The molecule has 0 radical (unpaired) electrons. The van der Waals surface area contributed by atoms with Crippen LogP contribution in [0.25, 0.3) is 10.4 Å². The third-order valence-electron chi connectivity index (χ3n) is 2.08. The molecule has 2 aromatic rings. The maximum Gasteiger partial charge on any atom is 0.417 e. The molecule has 1 heterocycles. The van der Waals surface area contributed by atoms with E-state index in [4.69, 9.17) is 5.73 Å². The first-order chi connectivity index (χ1) is 7.88. The van der Waals surface area contributed by atoms with Crippen LogP contribution >= 0.6 is 11.3 Å². The van der Waals surface area contributed by atoms with Crippen molar-refractivity contribution in [2.75, 3.05) is 5.73 Å². The van der Waals surface area contributed by atoms with E-state index in [1.165, 1.54) is 6.20 Å². The van der Waals surface area contributed by atoms with E-state index < -0.39 is 17.6 Å². The second-order valence-electron chi connectivity index (χ2n) is 3.25. The van der Waals surface area contributed by atoms with Crippen LogP contribution in [0.1, 0.15) is 5.56 Å². The van der Waals surface area contributed by atoms with Crippen molar-refractivity contribution in [1.29, 1.82) is 0 Å². The number of nitrogen functional groups attached to an aromatic ring is 1. The highest BCUT2D eigenvalue weighted by Crippen LogP contribution is 2.39. The molecule has 7 heteroatoms. The Balaban J connectivity index is 2.61. The van der Waals surface area contributed by atoms with Crippen molar-refractivity contribution in [3.05, 3.63) is 35.8 Å². The molecule has 0 saturated carbocycles. The molecule has 0 unspecified atom stereocenters. The van der Waals surface area contributed by atoms with Gasteiger partial charge in [0.1, 0.15) is 5.82 Å². The Bertz CT molecular complexity index is 547. The van der Waals surface area contributed by atoms with Crippen molar-refractivity contribution in [2.45, 2.75) is 6.18 Å². The first-order valence-corrected chi connectivity index (χ1v) is 5.28. The topological polar surface area (TPSA) is 38.9 Å². The molecule has 0 amide bonds. The summed E-state index contributed by atoms with van der Waals surface area (Å²) < 4.78 is 51.0. The average Bonchev–Trinajstić information content (AvgIpc) is 2.63. The van der Waals surface area contributed by atoms with E-state index in [2.05, 4.69) is 4.98 Å². The normalized spacial score (nSPS) is 11.8. The van der Waals surface area contributed by atoms with E-state index in [1.54, 1.807) is 0 Å². The highest BCUT2D eigenvalue weighted by molar-refractivity contribution is 7.18. The lowest BCUT2D eigenvalue weighted by Gasteiger charge is -2.11. The zero-order valence-electron chi connectivity index (χ0n) is 8.25. The number of thiazole rings is 1. The van der Waals surface area contributed by atoms with Gasteiger partial charge in [-0.3, -0.25) is 0 Å². The molecule has 17 heavy (non-hydrogen) atoms. The summed E-state index contributed by atoms with van der Waals surface area (Å²) in [5, 5.41) is 0.164. The van der Waals surface area contributed by atoms with E-state index in [1.807, 2.05) is 0 Å². The quantitative estimate of drug-likeness (QED) is 0.798. The number of hydrogen-bond acceptors (Lipinski definition) is 3. The van der Waals surface area contributed by atoms with Gasteiger partial charge in [-0.1, -0.05) is 11.3 Å². The fourth-order valence-corrected chi connectivity index (χ4v) is 2.10. The van der Waals surface area contributed by atoms with Gasteiger partial charge in [0.05, 0.1) is 10.4 Å². The fraction of sp³-hybridized carbons (Fsp3) is 0.100. The molecule has 2 rings (SSSR count). The second kappa shape index (κ2) is 3.99. The summed E-state index contributed by atoms with van der Waals surface area (Å²) in [4.78, 5) is 3.93. The Hall–Kier alpha value is -1.63. The minimum Gasteiger partial charge on any atom is -0.375 e. The first-order valence-electron chi connectivity index (χ1n) is 4.46. The van der Waals surface area contributed by atoms with Gasteiger partial charge in [-0.05, 0) is 18.2 Å². The summed E-state index contributed by atoms with van der Waals surface area (Å²) in [5.74, 6) is -0.932. The number of anilines is 1. The molecule has 0 fully saturated rings. The van der Waals surface area contributed by atoms with E-state index >= 15 is 0 Å². The van der Waals surface area contributed by atoms with E-state index in [-0.39, 0.29) is 15.6 Å². The third-order valence-corrected chi connectivity index (χ3v) is 2.94. The minimum absolute atomic E-state index is 0.117. The zero-order valence-corrected chi connectivity index (χ0v) is 9.07. The van der Waals surface area contributed by atoms with Gasteiger partial charge in [-0.25, -0.2) is 9.37 Å². The van der Waals surface area contributed by atoms with Gasteiger partial charge in [0.25, 0.3) is 0 Å². The summed E-state index contributed by atoms with van der Waals surface area (Å²) >= 11 is 0.921. The maximum absolute atomic E-state index is 12.9. The Morgan fingerprint density at radius 3 is 2.47 bits per heavy atom. The molecule has 0 aliphatic rings. The van der Waals surface area contributed by atoms with Crippen LogP contribution in [0.4, 0.5) is 22.7 Å². The van der Waals surface area contributed by atoms with Gasteiger partial charge in [0, 0.05) is 11.8 Å². The number of alkyl halides is 3. The van der Waals surface area contributed by atoms with Crippen molar-refractivity contribution in [3.63, 3.8) is 0 Å². The summed E-state index contributed by atoms with van der Waals surface area (Å²) in [6.45, 7) is 0. The molecular formula is C10H6F4N2S. The number of halogens is 4. The SMILES string of the molecule is Nc1ncc(-c2ccc(F)cc2C(F)(F)F)s1. The number of hydrogen-bond donors (Lipinski definition) is 1. The Kier molecular flexibility index (Phi) is 2.78. The van der Waals surface area contributed by atoms with Gasteiger partial charge >= 0.3 is 6.18 Å². The van der Waals surface area contributed by atoms with Crippen LogP contribution in [0, 0.1) is 5.82 Å². The number of rotatable bonds is 1. The Morgan fingerprint density at radius 1 is 1.24 bits per heavy atom. The molecule has 2 N–H and O–H groups in total. The number of nitrogens with zero attached hydrogens (tertiary/aromatic N) is 1. The molecule has 0 aliphatic heterocycles. The monoisotopic (exact) mass is 262 g/mol. The Labute approximate surface area is 97.7 Å². The van der Waals surface area contributed by atoms with Crippen LogP contribution in [0.15, 0.2) is 24.4 Å². The van der Waals surface area contributed by atoms with Crippen LogP contribution in [0.3, 0.4) is 0 Å². The molecule has 0 bridgehead atoms. The van der Waals surface area contributed by atoms with Crippen LogP contribution in [-0.4, -0.2) is 4.98 Å². The third kappa shape index (κ3) is 2.38. The predicted octanol–water partition coefficient (Wildman–Crippen LogP) is 3.55. The Morgan fingerprint density at radius 2 is 1.94 bits per heavy atom. The number of aromatic nitrogens is 1. The molecule has 0 saturated heterocycles. The smallest absolute Gasteiger partial charge is 0.375 e. The molecule has 0 aliphatic carbocycles.